The minimum atomic E-state index is -0.677. The second-order valence-corrected chi connectivity index (χ2v) is 6.89. The first-order valence-corrected chi connectivity index (χ1v) is 9.31. The highest BCUT2D eigenvalue weighted by atomic mass is 35.5. The zero-order valence-corrected chi connectivity index (χ0v) is 16.6. The van der Waals surface area contributed by atoms with Gasteiger partial charge in [-0.2, -0.15) is 0 Å². The molecule has 0 radical (unpaired) electrons. The molecule has 2 rings (SSSR count). The van der Waals surface area contributed by atoms with Gasteiger partial charge in [-0.15, -0.1) is 0 Å². The predicted molar refractivity (Wildman–Crippen MR) is 105 cm³/mol. The Morgan fingerprint density at radius 3 is 2.44 bits per heavy atom. The second-order valence-electron chi connectivity index (χ2n) is 6.08. The van der Waals surface area contributed by atoms with Gasteiger partial charge in [-0.3, -0.25) is 9.59 Å². The van der Waals surface area contributed by atoms with Crippen LogP contribution in [0, 0.1) is 5.82 Å². The van der Waals surface area contributed by atoms with Crippen molar-refractivity contribution < 1.29 is 14.0 Å². The van der Waals surface area contributed by atoms with Crippen LogP contribution < -0.4 is 5.32 Å². The van der Waals surface area contributed by atoms with Gasteiger partial charge >= 0.3 is 0 Å². The van der Waals surface area contributed by atoms with Crippen LogP contribution in [0.5, 0.6) is 0 Å². The normalized spacial score (nSPS) is 11.7. The summed E-state index contributed by atoms with van der Waals surface area (Å²) in [5.74, 6) is -1.07. The van der Waals surface area contributed by atoms with Gasteiger partial charge in [0.05, 0.1) is 16.5 Å². The lowest BCUT2D eigenvalue weighted by molar-refractivity contribution is -0.140. The van der Waals surface area contributed by atoms with Gasteiger partial charge in [0.15, 0.2) is 0 Å². The number of amides is 2. The predicted octanol–water partition coefficient (Wildman–Crippen LogP) is 4.23. The zero-order chi connectivity index (χ0) is 20.0. The average molecular weight is 411 g/mol. The molecular weight excluding hydrogens is 390 g/mol. The van der Waals surface area contributed by atoms with E-state index in [1.54, 1.807) is 36.4 Å². The minimum absolute atomic E-state index is 0.137. The molecule has 2 aromatic rings. The summed E-state index contributed by atoms with van der Waals surface area (Å²) in [5.41, 5.74) is 1.02. The molecule has 144 valence electrons. The molecule has 0 aromatic heterocycles. The van der Waals surface area contributed by atoms with Crippen molar-refractivity contribution in [2.75, 3.05) is 7.05 Å². The van der Waals surface area contributed by atoms with E-state index in [0.29, 0.717) is 16.5 Å². The lowest BCUT2D eigenvalue weighted by atomic mass is 10.1. The first-order chi connectivity index (χ1) is 12.9. The summed E-state index contributed by atoms with van der Waals surface area (Å²) in [6, 6.07) is 10.5. The van der Waals surface area contributed by atoms with Crippen molar-refractivity contribution in [3.63, 3.8) is 0 Å². The molecule has 0 heterocycles. The van der Waals surface area contributed by atoms with Crippen LogP contribution in [0.4, 0.5) is 4.39 Å². The van der Waals surface area contributed by atoms with E-state index in [1.165, 1.54) is 18.0 Å². The van der Waals surface area contributed by atoms with Gasteiger partial charge in [0.2, 0.25) is 11.8 Å². The fourth-order valence-corrected chi connectivity index (χ4v) is 3.15. The van der Waals surface area contributed by atoms with Crippen molar-refractivity contribution in [2.45, 2.75) is 32.4 Å². The summed E-state index contributed by atoms with van der Waals surface area (Å²) < 4.78 is 14.0. The van der Waals surface area contributed by atoms with E-state index in [2.05, 4.69) is 5.32 Å². The lowest BCUT2D eigenvalue weighted by Gasteiger charge is -2.30. The fourth-order valence-electron chi connectivity index (χ4n) is 2.83. The van der Waals surface area contributed by atoms with E-state index in [0.717, 1.165) is 5.56 Å². The number of carbonyl (C=O) groups is 2. The van der Waals surface area contributed by atoms with E-state index >= 15 is 0 Å². The SMILES string of the molecule is CC[C@H](C(=O)NC)N(Cc1ccc(Cl)c(Cl)c1)C(=O)Cc1ccccc1F. The molecule has 0 saturated carbocycles. The number of carbonyl (C=O) groups excluding carboxylic acids is 2. The summed E-state index contributed by atoms with van der Waals surface area (Å²) in [4.78, 5) is 26.7. The van der Waals surface area contributed by atoms with E-state index in [1.807, 2.05) is 6.92 Å². The number of rotatable bonds is 7. The van der Waals surface area contributed by atoms with Crippen LogP contribution in [-0.2, 0) is 22.6 Å². The number of nitrogens with zero attached hydrogens (tertiary/aromatic N) is 1. The molecule has 0 aliphatic heterocycles. The highest BCUT2D eigenvalue weighted by molar-refractivity contribution is 6.42. The van der Waals surface area contributed by atoms with Crippen molar-refractivity contribution in [3.8, 4) is 0 Å². The third kappa shape index (κ3) is 5.44. The number of benzene rings is 2. The third-order valence-corrected chi connectivity index (χ3v) is 5.01. The summed E-state index contributed by atoms with van der Waals surface area (Å²) in [7, 11) is 1.52. The Balaban J connectivity index is 2.33. The second kappa shape index (κ2) is 9.72. The molecule has 0 fully saturated rings. The van der Waals surface area contributed by atoms with Gasteiger partial charge in [0.25, 0.3) is 0 Å². The maximum Gasteiger partial charge on any atom is 0.242 e. The largest absolute Gasteiger partial charge is 0.357 e. The highest BCUT2D eigenvalue weighted by Crippen LogP contribution is 2.24. The number of hydrogen-bond donors (Lipinski definition) is 1. The molecule has 0 aliphatic rings. The third-order valence-electron chi connectivity index (χ3n) is 4.27. The summed E-state index contributed by atoms with van der Waals surface area (Å²) in [6.45, 7) is 1.98. The molecular formula is C20H21Cl2FN2O2. The Morgan fingerprint density at radius 2 is 1.85 bits per heavy atom. The van der Waals surface area contributed by atoms with Gasteiger partial charge in [-0.05, 0) is 35.7 Å². The Morgan fingerprint density at radius 1 is 1.15 bits per heavy atom. The van der Waals surface area contributed by atoms with Crippen molar-refractivity contribution >= 4 is 35.0 Å². The van der Waals surface area contributed by atoms with E-state index in [4.69, 9.17) is 23.2 Å². The fraction of sp³-hybridized carbons (Fsp3) is 0.300. The van der Waals surface area contributed by atoms with Gasteiger partial charge < -0.3 is 10.2 Å². The number of hydrogen-bond acceptors (Lipinski definition) is 2. The Hall–Kier alpha value is -2.11. The summed E-state index contributed by atoms with van der Waals surface area (Å²) >= 11 is 12.0. The molecule has 7 heteroatoms. The molecule has 0 unspecified atom stereocenters. The van der Waals surface area contributed by atoms with Crippen LogP contribution in [0.15, 0.2) is 42.5 Å². The number of likely N-dealkylation sites (N-methyl/N-ethyl adjacent to an activating group) is 1. The molecule has 27 heavy (non-hydrogen) atoms. The van der Waals surface area contributed by atoms with Gasteiger partial charge in [0, 0.05) is 13.6 Å². The molecule has 2 aromatic carbocycles. The molecule has 0 spiro atoms. The van der Waals surface area contributed by atoms with E-state index in [9.17, 15) is 14.0 Å². The molecule has 2 amide bonds. The smallest absolute Gasteiger partial charge is 0.242 e. The van der Waals surface area contributed by atoms with Gasteiger partial charge in [-0.25, -0.2) is 4.39 Å². The van der Waals surface area contributed by atoms with Crippen molar-refractivity contribution in [1.82, 2.24) is 10.2 Å². The topological polar surface area (TPSA) is 49.4 Å². The van der Waals surface area contributed by atoms with Crippen LogP contribution in [0.3, 0.4) is 0 Å². The van der Waals surface area contributed by atoms with E-state index in [-0.39, 0.29) is 30.3 Å². The molecule has 0 bridgehead atoms. The molecule has 1 N–H and O–H groups in total. The Bertz CT molecular complexity index is 829. The van der Waals surface area contributed by atoms with Crippen LogP contribution >= 0.6 is 23.2 Å². The number of halogens is 3. The quantitative estimate of drug-likeness (QED) is 0.742. The average Bonchev–Trinajstić information content (AvgIpc) is 2.65. The van der Waals surface area contributed by atoms with Crippen LogP contribution in [-0.4, -0.2) is 29.8 Å². The lowest BCUT2D eigenvalue weighted by Crippen LogP contribution is -2.48. The monoisotopic (exact) mass is 410 g/mol. The maximum absolute atomic E-state index is 14.0. The Kier molecular flexibility index (Phi) is 7.63. The molecule has 1 atom stereocenters. The minimum Gasteiger partial charge on any atom is -0.357 e. The molecule has 0 aliphatic carbocycles. The first kappa shape index (κ1) is 21.2. The van der Waals surface area contributed by atoms with Crippen LogP contribution in [0.2, 0.25) is 10.0 Å². The first-order valence-electron chi connectivity index (χ1n) is 8.55. The standard InChI is InChI=1S/C20H21Cl2FN2O2/c1-3-18(20(27)24-2)25(12-13-8-9-15(21)16(22)10-13)19(26)11-14-6-4-5-7-17(14)23/h4-10,18H,3,11-12H2,1-2H3,(H,24,27)/t18-/m1/s1. The summed E-state index contributed by atoms with van der Waals surface area (Å²) in [5, 5.41) is 3.35. The molecule has 4 nitrogen and oxygen atoms in total. The number of nitrogens with one attached hydrogen (secondary N) is 1. The highest BCUT2D eigenvalue weighted by Gasteiger charge is 2.28. The van der Waals surface area contributed by atoms with Gasteiger partial charge in [-0.1, -0.05) is 54.4 Å². The van der Waals surface area contributed by atoms with Crippen molar-refractivity contribution in [3.05, 3.63) is 69.5 Å². The molecule has 0 saturated heterocycles. The zero-order valence-electron chi connectivity index (χ0n) is 15.1. The van der Waals surface area contributed by atoms with Crippen LogP contribution in [0.1, 0.15) is 24.5 Å². The van der Waals surface area contributed by atoms with Crippen molar-refractivity contribution in [2.24, 2.45) is 0 Å². The maximum atomic E-state index is 14.0. The van der Waals surface area contributed by atoms with Gasteiger partial charge in [0.1, 0.15) is 11.9 Å². The van der Waals surface area contributed by atoms with Crippen LogP contribution in [0.25, 0.3) is 0 Å². The summed E-state index contributed by atoms with van der Waals surface area (Å²) in [6.07, 6.45) is 0.283. The Labute approximate surface area is 168 Å². The van der Waals surface area contributed by atoms with E-state index < -0.39 is 11.9 Å². The van der Waals surface area contributed by atoms with Crippen molar-refractivity contribution in [1.29, 1.82) is 0 Å².